The maximum atomic E-state index is 11.8. The number of likely N-dealkylation sites (tertiary alicyclic amines) is 1. The maximum Gasteiger partial charge on any atom is 0.318 e. The zero-order valence-electron chi connectivity index (χ0n) is 9.43. The van der Waals surface area contributed by atoms with Crippen molar-refractivity contribution in [1.82, 2.24) is 4.90 Å². The molecule has 0 aromatic rings. The zero-order chi connectivity index (χ0) is 12.3. The van der Waals surface area contributed by atoms with Gasteiger partial charge in [-0.15, -0.1) is 0 Å². The first kappa shape index (κ1) is 12.5. The Hall–Kier alpha value is -1.59. The largest absolute Gasteiger partial charge is 0.468 e. The summed E-state index contributed by atoms with van der Waals surface area (Å²) in [5, 5.41) is 0. The summed E-state index contributed by atoms with van der Waals surface area (Å²) in [7, 11) is 1.24. The van der Waals surface area contributed by atoms with Crippen molar-refractivity contribution in [3.8, 4) is 0 Å². The summed E-state index contributed by atoms with van der Waals surface area (Å²) in [5.41, 5.74) is 5.19. The first-order chi connectivity index (χ1) is 7.52. The lowest BCUT2D eigenvalue weighted by molar-refractivity contribution is -0.152. The predicted octanol–water partition coefficient (Wildman–Crippen LogP) is -0.728. The van der Waals surface area contributed by atoms with Crippen LogP contribution in [-0.2, 0) is 19.1 Å². The van der Waals surface area contributed by atoms with Crippen LogP contribution < -0.4 is 5.73 Å². The predicted molar refractivity (Wildman–Crippen MR) is 55.1 cm³/mol. The summed E-state index contributed by atoms with van der Waals surface area (Å²) >= 11 is 0. The molecule has 1 heterocycles. The van der Waals surface area contributed by atoms with Crippen LogP contribution in [0.25, 0.3) is 0 Å². The Labute approximate surface area is 93.7 Å². The van der Waals surface area contributed by atoms with E-state index in [0.29, 0.717) is 19.4 Å². The Morgan fingerprint density at radius 3 is 2.69 bits per heavy atom. The summed E-state index contributed by atoms with van der Waals surface area (Å²) in [6, 6.07) is -0.623. The molecule has 2 N–H and O–H groups in total. The fourth-order valence-corrected chi connectivity index (χ4v) is 1.95. The van der Waals surface area contributed by atoms with Crippen molar-refractivity contribution in [3.63, 3.8) is 0 Å². The quantitative estimate of drug-likeness (QED) is 0.507. The molecular formula is C10H16N2O4. The van der Waals surface area contributed by atoms with Gasteiger partial charge in [0.25, 0.3) is 0 Å². The molecule has 0 bridgehead atoms. The van der Waals surface area contributed by atoms with Gasteiger partial charge in [0.05, 0.1) is 7.11 Å². The molecule has 6 nitrogen and oxygen atoms in total. The smallest absolute Gasteiger partial charge is 0.318 e. The van der Waals surface area contributed by atoms with Gasteiger partial charge in [-0.2, -0.15) is 0 Å². The van der Waals surface area contributed by atoms with E-state index in [0.717, 1.165) is 0 Å². The van der Waals surface area contributed by atoms with Gasteiger partial charge in [0.2, 0.25) is 11.8 Å². The standard InChI is InChI=1S/C10H16N2O4/c1-3-7(8(11)13)12-5-4-6(9(12)14)10(15)16-2/h6-7H,3-5H2,1-2H3,(H2,11,13). The molecule has 1 aliphatic rings. The lowest BCUT2D eigenvalue weighted by Gasteiger charge is -2.24. The minimum absolute atomic E-state index is 0.363. The number of nitrogens with two attached hydrogens (primary N) is 1. The van der Waals surface area contributed by atoms with Gasteiger partial charge in [-0.05, 0) is 12.8 Å². The number of esters is 1. The highest BCUT2D eigenvalue weighted by Gasteiger charge is 2.41. The molecule has 1 saturated heterocycles. The van der Waals surface area contributed by atoms with Crippen molar-refractivity contribution in [3.05, 3.63) is 0 Å². The minimum atomic E-state index is -0.779. The zero-order valence-corrected chi connectivity index (χ0v) is 9.43. The van der Waals surface area contributed by atoms with Crippen LogP contribution in [0.5, 0.6) is 0 Å². The topological polar surface area (TPSA) is 89.7 Å². The number of amides is 2. The summed E-state index contributed by atoms with van der Waals surface area (Å²) in [6.45, 7) is 2.15. The van der Waals surface area contributed by atoms with E-state index in [2.05, 4.69) is 4.74 Å². The van der Waals surface area contributed by atoms with E-state index in [1.807, 2.05) is 0 Å². The molecule has 0 spiro atoms. The molecule has 16 heavy (non-hydrogen) atoms. The number of hydrogen-bond donors (Lipinski definition) is 1. The van der Waals surface area contributed by atoms with Crippen LogP contribution in [0.15, 0.2) is 0 Å². The van der Waals surface area contributed by atoms with Crippen LogP contribution in [0, 0.1) is 5.92 Å². The number of methoxy groups -OCH3 is 1. The van der Waals surface area contributed by atoms with Crippen LogP contribution in [0.4, 0.5) is 0 Å². The monoisotopic (exact) mass is 228 g/mol. The first-order valence-corrected chi connectivity index (χ1v) is 5.20. The van der Waals surface area contributed by atoms with Crippen LogP contribution in [0.3, 0.4) is 0 Å². The highest BCUT2D eigenvalue weighted by molar-refractivity contribution is 6.01. The highest BCUT2D eigenvalue weighted by atomic mass is 16.5. The maximum absolute atomic E-state index is 11.8. The van der Waals surface area contributed by atoms with E-state index in [1.54, 1.807) is 6.92 Å². The number of hydrogen-bond acceptors (Lipinski definition) is 4. The molecule has 90 valence electrons. The number of ether oxygens (including phenoxy) is 1. The van der Waals surface area contributed by atoms with Crippen molar-refractivity contribution in [2.75, 3.05) is 13.7 Å². The average molecular weight is 228 g/mol. The Bertz CT molecular complexity index is 316. The van der Waals surface area contributed by atoms with Gasteiger partial charge in [0, 0.05) is 6.54 Å². The van der Waals surface area contributed by atoms with E-state index in [4.69, 9.17) is 5.73 Å². The normalized spacial score (nSPS) is 22.0. The van der Waals surface area contributed by atoms with Gasteiger partial charge in [0.15, 0.2) is 0 Å². The van der Waals surface area contributed by atoms with E-state index < -0.39 is 23.8 Å². The van der Waals surface area contributed by atoms with E-state index in [-0.39, 0.29) is 5.91 Å². The summed E-state index contributed by atoms with van der Waals surface area (Å²) in [4.78, 5) is 35.6. The molecule has 2 amide bonds. The molecule has 0 aliphatic carbocycles. The van der Waals surface area contributed by atoms with Crippen molar-refractivity contribution in [1.29, 1.82) is 0 Å². The Morgan fingerprint density at radius 1 is 1.62 bits per heavy atom. The number of rotatable bonds is 4. The number of carbonyl (C=O) groups excluding carboxylic acids is 3. The third-order valence-electron chi connectivity index (χ3n) is 2.82. The first-order valence-electron chi connectivity index (χ1n) is 5.20. The average Bonchev–Trinajstić information content (AvgIpc) is 2.61. The second-order valence-electron chi connectivity index (χ2n) is 3.72. The van der Waals surface area contributed by atoms with E-state index in [9.17, 15) is 14.4 Å². The number of nitrogens with zero attached hydrogens (tertiary/aromatic N) is 1. The van der Waals surface area contributed by atoms with Crippen molar-refractivity contribution >= 4 is 17.8 Å². The minimum Gasteiger partial charge on any atom is -0.468 e. The van der Waals surface area contributed by atoms with Gasteiger partial charge >= 0.3 is 5.97 Å². The molecule has 1 rings (SSSR count). The third-order valence-corrected chi connectivity index (χ3v) is 2.82. The lowest BCUT2D eigenvalue weighted by atomic mass is 10.1. The number of carbonyl (C=O) groups is 3. The molecule has 6 heteroatoms. The molecule has 0 aromatic carbocycles. The molecule has 0 radical (unpaired) electrons. The second-order valence-corrected chi connectivity index (χ2v) is 3.72. The lowest BCUT2D eigenvalue weighted by Crippen LogP contribution is -2.46. The van der Waals surface area contributed by atoms with Gasteiger partial charge in [-0.25, -0.2) is 0 Å². The fourth-order valence-electron chi connectivity index (χ4n) is 1.95. The summed E-state index contributed by atoms with van der Waals surface area (Å²) in [5.74, 6) is -2.23. The molecule has 2 unspecified atom stereocenters. The van der Waals surface area contributed by atoms with Crippen LogP contribution in [-0.4, -0.2) is 42.4 Å². The third kappa shape index (κ3) is 2.15. The molecule has 0 aromatic heterocycles. The molecule has 2 atom stereocenters. The Kier molecular flexibility index (Phi) is 3.87. The SMILES string of the molecule is CCC(C(N)=O)N1CCC(C(=O)OC)C1=O. The van der Waals surface area contributed by atoms with Crippen molar-refractivity contribution in [2.24, 2.45) is 11.7 Å². The molecule has 1 aliphatic heterocycles. The Balaban J connectivity index is 2.77. The second kappa shape index (κ2) is 4.96. The highest BCUT2D eigenvalue weighted by Crippen LogP contribution is 2.22. The number of primary amides is 1. The molecule has 0 saturated carbocycles. The Morgan fingerprint density at radius 2 is 2.25 bits per heavy atom. The molecule has 1 fully saturated rings. The van der Waals surface area contributed by atoms with Crippen LogP contribution in [0.1, 0.15) is 19.8 Å². The van der Waals surface area contributed by atoms with Crippen molar-refractivity contribution in [2.45, 2.75) is 25.8 Å². The van der Waals surface area contributed by atoms with Gasteiger partial charge < -0.3 is 15.4 Å². The van der Waals surface area contributed by atoms with Gasteiger partial charge in [0.1, 0.15) is 12.0 Å². The van der Waals surface area contributed by atoms with Crippen molar-refractivity contribution < 1.29 is 19.1 Å². The van der Waals surface area contributed by atoms with Crippen LogP contribution >= 0.6 is 0 Å². The summed E-state index contributed by atoms with van der Waals surface area (Å²) < 4.78 is 4.52. The van der Waals surface area contributed by atoms with E-state index >= 15 is 0 Å². The molecular weight excluding hydrogens is 212 g/mol. The fraction of sp³-hybridized carbons (Fsp3) is 0.700. The van der Waals surface area contributed by atoms with Crippen LogP contribution in [0.2, 0.25) is 0 Å². The van der Waals surface area contributed by atoms with Gasteiger partial charge in [-0.1, -0.05) is 6.92 Å². The van der Waals surface area contributed by atoms with Gasteiger partial charge in [-0.3, -0.25) is 14.4 Å². The van der Waals surface area contributed by atoms with E-state index in [1.165, 1.54) is 12.0 Å². The summed E-state index contributed by atoms with van der Waals surface area (Å²) in [6.07, 6.45) is 0.838.